The number of halogens is 2. The summed E-state index contributed by atoms with van der Waals surface area (Å²) < 4.78 is 13.5. The van der Waals surface area contributed by atoms with E-state index in [1.165, 1.54) is 36.2 Å². The van der Waals surface area contributed by atoms with Crippen LogP contribution in [0.4, 0.5) is 21.5 Å². The number of nitro benzene ring substituents is 1. The highest BCUT2D eigenvalue weighted by molar-refractivity contribution is 6.34. The van der Waals surface area contributed by atoms with Crippen molar-refractivity contribution in [2.45, 2.75) is 6.42 Å². The number of nitrogens with zero attached hydrogens (tertiary/aromatic N) is 2. The highest BCUT2D eigenvalue weighted by Gasteiger charge is 2.36. The summed E-state index contributed by atoms with van der Waals surface area (Å²) in [6.07, 6.45) is -0.118. The van der Waals surface area contributed by atoms with E-state index >= 15 is 0 Å². The monoisotopic (exact) mass is 434 g/mol. The Kier molecular flexibility index (Phi) is 5.97. The lowest BCUT2D eigenvalue weighted by Crippen LogP contribution is -2.28. The number of nitrogens with one attached hydrogen (secondary N) is 2. The number of nitro groups is 1. The second-order valence-electron chi connectivity index (χ2n) is 6.56. The fraction of sp³-hybridized carbons (Fsp3) is 0.211. The lowest BCUT2D eigenvalue weighted by atomic mass is 10.1. The van der Waals surface area contributed by atoms with Crippen molar-refractivity contribution in [2.75, 3.05) is 23.8 Å². The molecule has 1 unspecified atom stereocenters. The van der Waals surface area contributed by atoms with Crippen molar-refractivity contribution in [1.82, 2.24) is 5.32 Å². The van der Waals surface area contributed by atoms with Crippen molar-refractivity contribution in [3.8, 4) is 0 Å². The van der Waals surface area contributed by atoms with Gasteiger partial charge in [0.1, 0.15) is 0 Å². The fourth-order valence-corrected chi connectivity index (χ4v) is 3.30. The zero-order valence-corrected chi connectivity index (χ0v) is 16.4. The minimum atomic E-state index is -1.01. The van der Waals surface area contributed by atoms with Crippen LogP contribution in [0.2, 0.25) is 5.02 Å². The molecule has 0 spiro atoms. The Balaban J connectivity index is 1.75. The molecule has 2 aromatic rings. The number of carbonyl (C=O) groups excluding carboxylic acids is 3. The third-order valence-corrected chi connectivity index (χ3v) is 4.97. The summed E-state index contributed by atoms with van der Waals surface area (Å²) in [6.45, 7) is -0.0245. The minimum Gasteiger partial charge on any atom is -0.355 e. The number of hydrogen-bond donors (Lipinski definition) is 2. The van der Waals surface area contributed by atoms with E-state index in [0.717, 1.165) is 12.1 Å². The van der Waals surface area contributed by atoms with E-state index in [1.807, 2.05) is 0 Å². The molecule has 0 bridgehead atoms. The van der Waals surface area contributed by atoms with Crippen molar-refractivity contribution < 1.29 is 23.7 Å². The van der Waals surface area contributed by atoms with Crippen molar-refractivity contribution >= 4 is 46.4 Å². The Hall–Kier alpha value is -3.53. The van der Waals surface area contributed by atoms with E-state index in [1.54, 1.807) is 0 Å². The molecule has 3 rings (SSSR count). The first-order chi connectivity index (χ1) is 14.2. The maximum atomic E-state index is 13.5. The molecule has 2 aromatic carbocycles. The highest BCUT2D eigenvalue weighted by atomic mass is 35.5. The van der Waals surface area contributed by atoms with Crippen LogP contribution in [0.3, 0.4) is 0 Å². The summed E-state index contributed by atoms with van der Waals surface area (Å²) in [5.41, 5.74) is -0.112. The second-order valence-corrected chi connectivity index (χ2v) is 6.97. The Morgan fingerprint density at radius 2 is 2.00 bits per heavy atom. The van der Waals surface area contributed by atoms with Gasteiger partial charge in [0.05, 0.1) is 27.1 Å². The van der Waals surface area contributed by atoms with Crippen molar-refractivity contribution in [3.63, 3.8) is 0 Å². The standard InChI is InChI=1S/C19H16ClFN4O5/c1-22-19(28)13-7-11(2-4-14(13)20)23-18(27)10-6-17(26)24(9-10)12-3-5-15(21)16(8-12)25(29)30/h2-5,7-8,10H,6,9H2,1H3,(H,22,28)(H,23,27). The van der Waals surface area contributed by atoms with Gasteiger partial charge in [0.25, 0.3) is 5.91 Å². The smallest absolute Gasteiger partial charge is 0.306 e. The molecule has 1 aliphatic rings. The molecule has 0 radical (unpaired) electrons. The Bertz CT molecular complexity index is 1060. The van der Waals surface area contributed by atoms with Crippen LogP contribution < -0.4 is 15.5 Å². The number of anilines is 2. The predicted molar refractivity (Wildman–Crippen MR) is 107 cm³/mol. The zero-order valence-electron chi connectivity index (χ0n) is 15.6. The van der Waals surface area contributed by atoms with E-state index < -0.39 is 40.1 Å². The Morgan fingerprint density at radius 1 is 1.27 bits per heavy atom. The maximum absolute atomic E-state index is 13.5. The second kappa shape index (κ2) is 8.46. The van der Waals surface area contributed by atoms with Gasteiger partial charge in [0.2, 0.25) is 17.6 Å². The Morgan fingerprint density at radius 3 is 2.67 bits per heavy atom. The van der Waals surface area contributed by atoms with Gasteiger partial charge in [0, 0.05) is 31.8 Å². The van der Waals surface area contributed by atoms with Gasteiger partial charge in [-0.05, 0) is 30.3 Å². The normalized spacial score (nSPS) is 15.8. The van der Waals surface area contributed by atoms with Crippen LogP contribution in [0.15, 0.2) is 36.4 Å². The van der Waals surface area contributed by atoms with Crippen LogP contribution in [0.1, 0.15) is 16.8 Å². The quantitative estimate of drug-likeness (QED) is 0.553. The third-order valence-electron chi connectivity index (χ3n) is 4.64. The van der Waals surface area contributed by atoms with Crippen LogP contribution in [-0.4, -0.2) is 36.2 Å². The summed E-state index contributed by atoms with van der Waals surface area (Å²) in [6, 6.07) is 7.51. The molecule has 1 aliphatic heterocycles. The average molecular weight is 435 g/mol. The molecule has 1 fully saturated rings. The number of benzene rings is 2. The van der Waals surface area contributed by atoms with Gasteiger partial charge in [-0.3, -0.25) is 24.5 Å². The van der Waals surface area contributed by atoms with Crippen molar-refractivity contribution in [2.24, 2.45) is 5.92 Å². The number of amides is 3. The Labute approximate surface area is 175 Å². The SMILES string of the molecule is CNC(=O)c1cc(NC(=O)C2CC(=O)N(c3ccc(F)c([N+](=O)[O-])c3)C2)ccc1Cl. The molecule has 0 aromatic heterocycles. The van der Waals surface area contributed by atoms with Gasteiger partial charge in [-0.15, -0.1) is 0 Å². The summed E-state index contributed by atoms with van der Waals surface area (Å²) >= 11 is 5.99. The number of carbonyl (C=O) groups is 3. The van der Waals surface area contributed by atoms with Crippen molar-refractivity contribution in [1.29, 1.82) is 0 Å². The topological polar surface area (TPSA) is 122 Å². The maximum Gasteiger partial charge on any atom is 0.306 e. The van der Waals surface area contributed by atoms with E-state index in [4.69, 9.17) is 11.6 Å². The van der Waals surface area contributed by atoms with Gasteiger partial charge in [-0.1, -0.05) is 11.6 Å². The first-order valence-electron chi connectivity index (χ1n) is 8.78. The molecule has 156 valence electrons. The van der Waals surface area contributed by atoms with E-state index in [0.29, 0.717) is 5.69 Å². The van der Waals surface area contributed by atoms with Crippen LogP contribution in [0.25, 0.3) is 0 Å². The van der Waals surface area contributed by atoms with E-state index in [9.17, 15) is 28.9 Å². The summed E-state index contributed by atoms with van der Waals surface area (Å²) in [4.78, 5) is 48.0. The molecular weight excluding hydrogens is 419 g/mol. The zero-order chi connectivity index (χ0) is 22.0. The summed E-state index contributed by atoms with van der Waals surface area (Å²) in [7, 11) is 1.45. The molecule has 3 amide bonds. The molecule has 9 nitrogen and oxygen atoms in total. The molecule has 1 atom stereocenters. The fourth-order valence-electron chi connectivity index (χ4n) is 3.10. The first-order valence-corrected chi connectivity index (χ1v) is 9.16. The molecule has 1 heterocycles. The number of hydrogen-bond acceptors (Lipinski definition) is 5. The predicted octanol–water partition coefficient (Wildman–Crippen LogP) is 2.74. The minimum absolute atomic E-state index is 0.0245. The molecule has 1 saturated heterocycles. The molecule has 30 heavy (non-hydrogen) atoms. The van der Waals surface area contributed by atoms with Gasteiger partial charge < -0.3 is 15.5 Å². The molecule has 0 aliphatic carbocycles. The molecule has 2 N–H and O–H groups in total. The van der Waals surface area contributed by atoms with Gasteiger partial charge in [-0.2, -0.15) is 4.39 Å². The average Bonchev–Trinajstić information content (AvgIpc) is 3.10. The van der Waals surface area contributed by atoms with Gasteiger partial charge >= 0.3 is 5.69 Å². The molecule has 11 heteroatoms. The van der Waals surface area contributed by atoms with Crippen LogP contribution in [-0.2, 0) is 9.59 Å². The number of rotatable bonds is 5. The third kappa shape index (κ3) is 4.23. The van der Waals surface area contributed by atoms with Crippen LogP contribution in [0.5, 0.6) is 0 Å². The van der Waals surface area contributed by atoms with E-state index in [-0.39, 0.29) is 29.2 Å². The molecule has 0 saturated carbocycles. The lowest BCUT2D eigenvalue weighted by Gasteiger charge is -2.17. The summed E-state index contributed by atoms with van der Waals surface area (Å²) in [5, 5.41) is 16.2. The molecular formula is C19H16ClFN4O5. The lowest BCUT2D eigenvalue weighted by molar-refractivity contribution is -0.387. The van der Waals surface area contributed by atoms with E-state index in [2.05, 4.69) is 10.6 Å². The van der Waals surface area contributed by atoms with Crippen molar-refractivity contribution in [3.05, 3.63) is 62.9 Å². The highest BCUT2D eigenvalue weighted by Crippen LogP contribution is 2.30. The van der Waals surface area contributed by atoms with Crippen LogP contribution in [0, 0.1) is 21.8 Å². The van der Waals surface area contributed by atoms with Gasteiger partial charge in [0.15, 0.2) is 0 Å². The largest absolute Gasteiger partial charge is 0.355 e. The van der Waals surface area contributed by atoms with Crippen LogP contribution >= 0.6 is 11.6 Å². The summed E-state index contributed by atoms with van der Waals surface area (Å²) in [5.74, 6) is -3.05. The first kappa shape index (κ1) is 21.2. The van der Waals surface area contributed by atoms with Gasteiger partial charge in [-0.25, -0.2) is 0 Å².